The van der Waals surface area contributed by atoms with E-state index in [1.807, 2.05) is 20.8 Å². The van der Waals surface area contributed by atoms with E-state index in [0.717, 1.165) is 0 Å². The number of hydrogen-bond donors (Lipinski definition) is 1. The SMILES string of the molecule is CCOC(=O)c1ccc(N(CCNC(=O)C(C)(C)C)C(C)=O)cc1. The molecular weight excluding hydrogens is 308 g/mol. The van der Waals surface area contributed by atoms with Crippen LogP contribution >= 0.6 is 0 Å². The summed E-state index contributed by atoms with van der Waals surface area (Å²) in [4.78, 5) is 36.9. The number of nitrogens with zero attached hydrogens (tertiary/aromatic N) is 1. The minimum Gasteiger partial charge on any atom is -0.462 e. The lowest BCUT2D eigenvalue weighted by atomic mass is 9.96. The Kier molecular flexibility index (Phi) is 6.95. The van der Waals surface area contributed by atoms with Crippen LogP contribution in [0.4, 0.5) is 5.69 Å². The lowest BCUT2D eigenvalue weighted by Gasteiger charge is -2.23. The van der Waals surface area contributed by atoms with E-state index in [-0.39, 0.29) is 11.8 Å². The van der Waals surface area contributed by atoms with E-state index in [9.17, 15) is 14.4 Å². The van der Waals surface area contributed by atoms with Crippen molar-refractivity contribution in [1.29, 1.82) is 0 Å². The van der Waals surface area contributed by atoms with Gasteiger partial charge in [0, 0.05) is 31.1 Å². The molecule has 0 aliphatic heterocycles. The maximum absolute atomic E-state index is 11.9. The Labute approximate surface area is 143 Å². The van der Waals surface area contributed by atoms with Gasteiger partial charge in [0.05, 0.1) is 12.2 Å². The largest absolute Gasteiger partial charge is 0.462 e. The van der Waals surface area contributed by atoms with Crippen molar-refractivity contribution in [3.63, 3.8) is 0 Å². The Hall–Kier alpha value is -2.37. The van der Waals surface area contributed by atoms with Gasteiger partial charge >= 0.3 is 5.97 Å². The average molecular weight is 334 g/mol. The Morgan fingerprint density at radius 1 is 1.12 bits per heavy atom. The summed E-state index contributed by atoms with van der Waals surface area (Å²) in [7, 11) is 0. The van der Waals surface area contributed by atoms with Crippen LogP contribution in [0.1, 0.15) is 45.0 Å². The molecule has 0 aliphatic carbocycles. The van der Waals surface area contributed by atoms with Crippen molar-refractivity contribution in [2.75, 3.05) is 24.6 Å². The quantitative estimate of drug-likeness (QED) is 0.811. The van der Waals surface area contributed by atoms with Crippen molar-refractivity contribution in [3.05, 3.63) is 29.8 Å². The van der Waals surface area contributed by atoms with Gasteiger partial charge in [-0.2, -0.15) is 0 Å². The Morgan fingerprint density at radius 2 is 1.71 bits per heavy atom. The van der Waals surface area contributed by atoms with Gasteiger partial charge in [-0.25, -0.2) is 4.79 Å². The maximum Gasteiger partial charge on any atom is 0.338 e. The first-order valence-corrected chi connectivity index (χ1v) is 8.00. The monoisotopic (exact) mass is 334 g/mol. The zero-order valence-electron chi connectivity index (χ0n) is 15.0. The van der Waals surface area contributed by atoms with Gasteiger partial charge in [-0.1, -0.05) is 20.8 Å². The van der Waals surface area contributed by atoms with E-state index in [2.05, 4.69) is 5.32 Å². The summed E-state index contributed by atoms with van der Waals surface area (Å²) < 4.78 is 4.93. The molecule has 132 valence electrons. The van der Waals surface area contributed by atoms with E-state index in [1.165, 1.54) is 6.92 Å². The summed E-state index contributed by atoms with van der Waals surface area (Å²) in [5.41, 5.74) is 0.633. The molecule has 0 aliphatic rings. The van der Waals surface area contributed by atoms with E-state index < -0.39 is 11.4 Å². The third-order valence-electron chi connectivity index (χ3n) is 3.37. The number of rotatable bonds is 6. The van der Waals surface area contributed by atoms with Gasteiger partial charge in [0.1, 0.15) is 0 Å². The molecule has 1 rings (SSSR count). The van der Waals surface area contributed by atoms with Crippen LogP contribution in [-0.2, 0) is 14.3 Å². The molecule has 1 aromatic carbocycles. The molecule has 0 saturated heterocycles. The van der Waals surface area contributed by atoms with Gasteiger partial charge in [-0.15, -0.1) is 0 Å². The summed E-state index contributed by atoms with van der Waals surface area (Å²) in [6.07, 6.45) is 0. The van der Waals surface area contributed by atoms with E-state index in [4.69, 9.17) is 4.74 Å². The molecule has 2 amide bonds. The topological polar surface area (TPSA) is 75.7 Å². The van der Waals surface area contributed by atoms with E-state index >= 15 is 0 Å². The molecule has 6 nitrogen and oxygen atoms in total. The first-order valence-electron chi connectivity index (χ1n) is 8.00. The Morgan fingerprint density at radius 3 is 2.17 bits per heavy atom. The van der Waals surface area contributed by atoms with Crippen LogP contribution in [0, 0.1) is 5.41 Å². The highest BCUT2D eigenvalue weighted by Crippen LogP contribution is 2.16. The van der Waals surface area contributed by atoms with Crippen molar-refractivity contribution in [2.45, 2.75) is 34.6 Å². The number of esters is 1. The summed E-state index contributed by atoms with van der Waals surface area (Å²) in [5.74, 6) is -0.594. The molecule has 0 heterocycles. The van der Waals surface area contributed by atoms with Crippen LogP contribution in [0.5, 0.6) is 0 Å². The number of nitrogens with one attached hydrogen (secondary N) is 1. The van der Waals surface area contributed by atoms with Gasteiger partial charge < -0.3 is 15.0 Å². The molecule has 0 fully saturated rings. The molecule has 0 atom stereocenters. The second-order valence-corrected chi connectivity index (χ2v) is 6.44. The standard InChI is InChI=1S/C18H26N2O4/c1-6-24-16(22)14-7-9-15(10-8-14)20(13(2)21)12-11-19-17(23)18(3,4)5/h7-10H,6,11-12H2,1-5H3,(H,19,23). The third kappa shape index (κ3) is 5.68. The lowest BCUT2D eigenvalue weighted by molar-refractivity contribution is -0.128. The van der Waals surface area contributed by atoms with Crippen LogP contribution < -0.4 is 10.2 Å². The number of anilines is 1. The third-order valence-corrected chi connectivity index (χ3v) is 3.37. The normalized spacial score (nSPS) is 10.9. The van der Waals surface area contributed by atoms with Gasteiger partial charge in [0.25, 0.3) is 0 Å². The van der Waals surface area contributed by atoms with Crippen molar-refractivity contribution in [1.82, 2.24) is 5.32 Å². The summed E-state index contributed by atoms with van der Waals surface area (Å²) in [5, 5.41) is 2.82. The average Bonchev–Trinajstić information content (AvgIpc) is 2.50. The molecule has 6 heteroatoms. The minimum atomic E-state index is -0.470. The highest BCUT2D eigenvalue weighted by Gasteiger charge is 2.21. The number of hydrogen-bond acceptors (Lipinski definition) is 4. The fourth-order valence-electron chi connectivity index (χ4n) is 2.01. The molecule has 24 heavy (non-hydrogen) atoms. The molecule has 1 aromatic rings. The predicted molar refractivity (Wildman–Crippen MR) is 92.9 cm³/mol. The summed E-state index contributed by atoms with van der Waals surface area (Å²) in [6, 6.07) is 6.63. The van der Waals surface area contributed by atoms with Crippen molar-refractivity contribution >= 4 is 23.5 Å². The first-order chi connectivity index (χ1) is 11.2. The molecule has 0 unspecified atom stereocenters. The summed E-state index contributed by atoms with van der Waals surface area (Å²) in [6.45, 7) is 9.73. The molecule has 1 N–H and O–H groups in total. The minimum absolute atomic E-state index is 0.0661. The first kappa shape index (κ1) is 19.7. The number of carbonyl (C=O) groups is 3. The van der Waals surface area contributed by atoms with E-state index in [1.54, 1.807) is 36.1 Å². The number of ether oxygens (including phenoxy) is 1. The molecular formula is C18H26N2O4. The van der Waals surface area contributed by atoms with Crippen LogP contribution in [0.15, 0.2) is 24.3 Å². The van der Waals surface area contributed by atoms with Crippen LogP contribution in [0.25, 0.3) is 0 Å². The van der Waals surface area contributed by atoms with Crippen LogP contribution in [0.2, 0.25) is 0 Å². The highest BCUT2D eigenvalue weighted by atomic mass is 16.5. The lowest BCUT2D eigenvalue weighted by Crippen LogP contribution is -2.41. The zero-order valence-corrected chi connectivity index (χ0v) is 15.0. The van der Waals surface area contributed by atoms with Crippen molar-refractivity contribution in [2.24, 2.45) is 5.41 Å². The Bertz CT molecular complexity index is 588. The summed E-state index contributed by atoms with van der Waals surface area (Å²) >= 11 is 0. The highest BCUT2D eigenvalue weighted by molar-refractivity contribution is 5.93. The van der Waals surface area contributed by atoms with Gasteiger partial charge in [0.15, 0.2) is 0 Å². The number of amides is 2. The second kappa shape index (κ2) is 8.47. The fraction of sp³-hybridized carbons (Fsp3) is 0.500. The van der Waals surface area contributed by atoms with Crippen molar-refractivity contribution < 1.29 is 19.1 Å². The van der Waals surface area contributed by atoms with Gasteiger partial charge in [-0.05, 0) is 31.2 Å². The fourth-order valence-corrected chi connectivity index (χ4v) is 2.01. The molecule has 0 bridgehead atoms. The Balaban J connectivity index is 2.73. The van der Waals surface area contributed by atoms with Gasteiger partial charge in [-0.3, -0.25) is 9.59 Å². The second-order valence-electron chi connectivity index (χ2n) is 6.44. The molecule has 0 spiro atoms. The zero-order chi connectivity index (χ0) is 18.3. The molecule has 0 aromatic heterocycles. The predicted octanol–water partition coefficient (Wildman–Crippen LogP) is 2.38. The van der Waals surface area contributed by atoms with Crippen molar-refractivity contribution in [3.8, 4) is 0 Å². The number of carbonyl (C=O) groups excluding carboxylic acids is 3. The smallest absolute Gasteiger partial charge is 0.338 e. The maximum atomic E-state index is 11.9. The van der Waals surface area contributed by atoms with Crippen LogP contribution in [0.3, 0.4) is 0 Å². The van der Waals surface area contributed by atoms with Gasteiger partial charge in [0.2, 0.25) is 11.8 Å². The molecule has 0 saturated carbocycles. The van der Waals surface area contributed by atoms with E-state index in [0.29, 0.717) is 30.9 Å². The molecule has 0 radical (unpaired) electrons. The number of benzene rings is 1. The van der Waals surface area contributed by atoms with Crippen LogP contribution in [-0.4, -0.2) is 37.5 Å².